The zero-order valence-electron chi connectivity index (χ0n) is 16.5. The van der Waals surface area contributed by atoms with Crippen molar-refractivity contribution >= 4 is 34.1 Å². The zero-order valence-corrected chi connectivity index (χ0v) is 16.5. The van der Waals surface area contributed by atoms with Gasteiger partial charge in [-0.3, -0.25) is 14.6 Å². The van der Waals surface area contributed by atoms with Crippen molar-refractivity contribution in [2.45, 2.75) is 13.3 Å². The molecule has 0 aliphatic carbocycles. The molecule has 0 saturated heterocycles. The van der Waals surface area contributed by atoms with Crippen molar-refractivity contribution in [3.05, 3.63) is 60.3 Å². The number of fused-ring (bicyclic) bond motifs is 1. The number of amides is 2. The third kappa shape index (κ3) is 5.68. The van der Waals surface area contributed by atoms with Crippen molar-refractivity contribution in [2.75, 3.05) is 31.2 Å². The van der Waals surface area contributed by atoms with Gasteiger partial charge in [0.2, 0.25) is 11.8 Å². The molecule has 2 aromatic carbocycles. The lowest BCUT2D eigenvalue weighted by Gasteiger charge is -2.15. The minimum Gasteiger partial charge on any atom is -0.492 e. The van der Waals surface area contributed by atoms with Crippen LogP contribution in [0.4, 0.5) is 11.4 Å². The second-order valence-corrected chi connectivity index (χ2v) is 6.79. The number of ether oxygens (including phenoxy) is 1. The first-order chi connectivity index (χ1) is 13.9. The van der Waals surface area contributed by atoms with E-state index >= 15 is 0 Å². The van der Waals surface area contributed by atoms with Crippen molar-refractivity contribution in [2.24, 2.45) is 0 Å². The largest absolute Gasteiger partial charge is 0.492 e. The van der Waals surface area contributed by atoms with E-state index in [1.54, 1.807) is 42.3 Å². The van der Waals surface area contributed by atoms with Crippen LogP contribution in [0.3, 0.4) is 0 Å². The molecule has 1 aromatic heterocycles. The number of carbonyl (C=O) groups excluding carboxylic acids is 2. The summed E-state index contributed by atoms with van der Waals surface area (Å²) in [5.74, 6) is 0.524. The summed E-state index contributed by atoms with van der Waals surface area (Å²) >= 11 is 0. The first-order valence-electron chi connectivity index (χ1n) is 9.30. The van der Waals surface area contributed by atoms with Crippen LogP contribution >= 0.6 is 0 Å². The molecule has 0 fully saturated rings. The number of rotatable bonds is 7. The number of hydrogen-bond acceptors (Lipinski definition) is 5. The van der Waals surface area contributed by atoms with Crippen molar-refractivity contribution in [3.63, 3.8) is 0 Å². The lowest BCUT2D eigenvalue weighted by molar-refractivity contribution is -0.127. The van der Waals surface area contributed by atoms with Gasteiger partial charge in [-0.2, -0.15) is 0 Å². The Morgan fingerprint density at radius 3 is 2.59 bits per heavy atom. The highest BCUT2D eigenvalue weighted by molar-refractivity contribution is 5.92. The van der Waals surface area contributed by atoms with E-state index in [0.29, 0.717) is 36.0 Å². The van der Waals surface area contributed by atoms with E-state index in [9.17, 15) is 9.59 Å². The van der Waals surface area contributed by atoms with Gasteiger partial charge in [-0.25, -0.2) is 0 Å². The molecule has 0 spiro atoms. The Labute approximate surface area is 169 Å². The minimum atomic E-state index is -0.149. The molecular formula is C22H24N4O3. The van der Waals surface area contributed by atoms with Crippen LogP contribution in [0.15, 0.2) is 54.6 Å². The van der Waals surface area contributed by atoms with Gasteiger partial charge in [0.1, 0.15) is 12.4 Å². The molecule has 7 nitrogen and oxygen atoms in total. The predicted molar refractivity (Wildman–Crippen MR) is 114 cm³/mol. The normalized spacial score (nSPS) is 10.6. The summed E-state index contributed by atoms with van der Waals surface area (Å²) in [6.45, 7) is 2.43. The molecule has 3 aromatic rings. The number of carbonyl (C=O) groups is 2. The molecule has 0 bridgehead atoms. The lowest BCUT2D eigenvalue weighted by atomic mass is 10.1. The molecule has 0 saturated carbocycles. The number of nitrogen functional groups attached to an aromatic ring is 1. The predicted octanol–water partition coefficient (Wildman–Crippen LogP) is 2.86. The number of benzene rings is 2. The fraction of sp³-hybridized carbons (Fsp3) is 0.227. The molecule has 1 heterocycles. The molecule has 29 heavy (non-hydrogen) atoms. The van der Waals surface area contributed by atoms with Crippen molar-refractivity contribution in [1.29, 1.82) is 0 Å². The van der Waals surface area contributed by atoms with Crippen LogP contribution in [0.5, 0.6) is 5.75 Å². The number of nitrogens with two attached hydrogens (primary N) is 1. The van der Waals surface area contributed by atoms with Crippen molar-refractivity contribution in [1.82, 2.24) is 9.88 Å². The van der Waals surface area contributed by atoms with Crippen LogP contribution in [-0.2, 0) is 16.0 Å². The average molecular weight is 392 g/mol. The highest BCUT2D eigenvalue weighted by Gasteiger charge is 2.07. The summed E-state index contributed by atoms with van der Waals surface area (Å²) in [4.78, 5) is 29.6. The van der Waals surface area contributed by atoms with Gasteiger partial charge in [0, 0.05) is 30.7 Å². The van der Waals surface area contributed by atoms with Crippen LogP contribution in [-0.4, -0.2) is 41.9 Å². The monoisotopic (exact) mass is 392 g/mol. The molecule has 3 rings (SSSR count). The minimum absolute atomic E-state index is 0.00306. The third-order valence-corrected chi connectivity index (χ3v) is 4.48. The highest BCUT2D eigenvalue weighted by Crippen LogP contribution is 2.18. The summed E-state index contributed by atoms with van der Waals surface area (Å²) in [6, 6.07) is 16.3. The SMILES string of the molecule is CC(=O)N(C)CCOc1ccc(NC(=O)Cc2ccc3cc(N)ccc3n2)cc1. The number of anilines is 2. The Bertz CT molecular complexity index is 1020. The van der Waals surface area contributed by atoms with Gasteiger partial charge in [0.05, 0.1) is 24.2 Å². The Morgan fingerprint density at radius 1 is 1.10 bits per heavy atom. The molecule has 7 heteroatoms. The van der Waals surface area contributed by atoms with Gasteiger partial charge < -0.3 is 20.7 Å². The Balaban J connectivity index is 1.52. The first kappa shape index (κ1) is 20.1. The maximum Gasteiger partial charge on any atom is 0.230 e. The fourth-order valence-electron chi connectivity index (χ4n) is 2.75. The van der Waals surface area contributed by atoms with Crippen LogP contribution in [0, 0.1) is 0 Å². The van der Waals surface area contributed by atoms with Crippen molar-refractivity contribution in [3.8, 4) is 5.75 Å². The molecule has 0 radical (unpaired) electrons. The first-order valence-corrected chi connectivity index (χ1v) is 9.30. The van der Waals surface area contributed by atoms with E-state index in [1.807, 2.05) is 24.3 Å². The number of likely N-dealkylation sites (N-methyl/N-ethyl adjacent to an activating group) is 1. The van der Waals surface area contributed by atoms with Gasteiger partial charge in [-0.1, -0.05) is 6.07 Å². The fourth-order valence-corrected chi connectivity index (χ4v) is 2.75. The van der Waals surface area contributed by atoms with Crippen LogP contribution in [0.25, 0.3) is 10.9 Å². The standard InChI is InChI=1S/C22H24N4O3/c1-15(27)26(2)11-12-29-20-8-6-18(7-9-20)25-22(28)14-19-5-3-16-13-17(23)4-10-21(16)24-19/h3-10,13H,11-12,14,23H2,1-2H3,(H,25,28). The van der Waals surface area contributed by atoms with Gasteiger partial charge in [0.15, 0.2) is 0 Å². The van der Waals surface area contributed by atoms with Gasteiger partial charge in [-0.05, 0) is 48.5 Å². The summed E-state index contributed by atoms with van der Waals surface area (Å²) in [5, 5.41) is 3.80. The molecular weight excluding hydrogens is 368 g/mol. The Hall–Kier alpha value is -3.61. The summed E-state index contributed by atoms with van der Waals surface area (Å²) in [5.41, 5.74) is 8.63. The number of hydrogen-bond donors (Lipinski definition) is 2. The summed E-state index contributed by atoms with van der Waals surface area (Å²) in [6.07, 6.45) is 0.177. The second-order valence-electron chi connectivity index (χ2n) is 6.79. The molecule has 0 aliphatic rings. The summed E-state index contributed by atoms with van der Waals surface area (Å²) < 4.78 is 5.61. The molecule has 150 valence electrons. The highest BCUT2D eigenvalue weighted by atomic mass is 16.5. The average Bonchev–Trinajstić information content (AvgIpc) is 2.69. The molecule has 0 unspecified atom stereocenters. The van der Waals surface area contributed by atoms with E-state index < -0.39 is 0 Å². The number of aromatic nitrogens is 1. The van der Waals surface area contributed by atoms with Crippen LogP contribution in [0.2, 0.25) is 0 Å². The van der Waals surface area contributed by atoms with Crippen LogP contribution in [0.1, 0.15) is 12.6 Å². The number of nitrogens with zero attached hydrogens (tertiary/aromatic N) is 2. The summed E-state index contributed by atoms with van der Waals surface area (Å²) in [7, 11) is 1.73. The van der Waals surface area contributed by atoms with Crippen molar-refractivity contribution < 1.29 is 14.3 Å². The maximum absolute atomic E-state index is 12.3. The van der Waals surface area contributed by atoms with Gasteiger partial charge in [0.25, 0.3) is 0 Å². The quantitative estimate of drug-likeness (QED) is 0.603. The molecule has 0 atom stereocenters. The van der Waals surface area contributed by atoms with Gasteiger partial charge in [-0.15, -0.1) is 0 Å². The van der Waals surface area contributed by atoms with Gasteiger partial charge >= 0.3 is 0 Å². The van der Waals surface area contributed by atoms with E-state index in [4.69, 9.17) is 10.5 Å². The molecule has 2 amide bonds. The third-order valence-electron chi connectivity index (χ3n) is 4.48. The topological polar surface area (TPSA) is 97.5 Å². The van der Waals surface area contributed by atoms with Crippen LogP contribution < -0.4 is 15.8 Å². The Kier molecular flexibility index (Phi) is 6.29. The van der Waals surface area contributed by atoms with E-state index in [0.717, 1.165) is 10.9 Å². The lowest BCUT2D eigenvalue weighted by Crippen LogP contribution is -2.28. The molecule has 3 N–H and O–H groups in total. The molecule has 0 aliphatic heterocycles. The zero-order chi connectivity index (χ0) is 20.8. The number of pyridine rings is 1. The Morgan fingerprint density at radius 2 is 1.86 bits per heavy atom. The maximum atomic E-state index is 12.3. The van der Waals surface area contributed by atoms with E-state index in [-0.39, 0.29) is 18.2 Å². The smallest absolute Gasteiger partial charge is 0.230 e. The van der Waals surface area contributed by atoms with E-state index in [2.05, 4.69) is 10.3 Å². The van der Waals surface area contributed by atoms with E-state index in [1.165, 1.54) is 6.92 Å². The second kappa shape index (κ2) is 9.05. The number of nitrogens with one attached hydrogen (secondary N) is 1.